The molecule has 160 valence electrons. The van der Waals surface area contributed by atoms with Crippen molar-refractivity contribution >= 4 is 34.7 Å². The Kier molecular flexibility index (Phi) is 6.66. The van der Waals surface area contributed by atoms with Crippen LogP contribution in [0.3, 0.4) is 0 Å². The maximum atomic E-state index is 12.7. The summed E-state index contributed by atoms with van der Waals surface area (Å²) in [4.78, 5) is 41.3. The zero-order valence-corrected chi connectivity index (χ0v) is 18.0. The average Bonchev–Trinajstić information content (AvgIpc) is 3.21. The fourth-order valence-electron chi connectivity index (χ4n) is 3.35. The highest BCUT2D eigenvalue weighted by molar-refractivity contribution is 7.09. The van der Waals surface area contributed by atoms with E-state index in [2.05, 4.69) is 10.3 Å². The third-order valence-electron chi connectivity index (χ3n) is 5.19. The molecule has 1 fully saturated rings. The number of aryl methyl sites for hydroxylation is 2. The summed E-state index contributed by atoms with van der Waals surface area (Å²) in [6, 6.07) is 2.75. The minimum absolute atomic E-state index is 0.115. The predicted octanol–water partition coefficient (Wildman–Crippen LogP) is 4.26. The summed E-state index contributed by atoms with van der Waals surface area (Å²) in [5.74, 6) is -0.259. The molecule has 2 aromatic rings. The van der Waals surface area contributed by atoms with Crippen LogP contribution in [0.25, 0.3) is 0 Å². The van der Waals surface area contributed by atoms with Crippen molar-refractivity contribution < 1.29 is 19.2 Å². The monoisotopic (exact) mass is 432 g/mol. The number of nitro benzene ring substituents is 1. The van der Waals surface area contributed by atoms with Gasteiger partial charge < -0.3 is 15.0 Å². The second kappa shape index (κ2) is 9.21. The summed E-state index contributed by atoms with van der Waals surface area (Å²) in [5, 5.41) is 16.6. The first-order valence-corrected chi connectivity index (χ1v) is 10.6. The van der Waals surface area contributed by atoms with Crippen molar-refractivity contribution in [1.29, 1.82) is 0 Å². The van der Waals surface area contributed by atoms with Gasteiger partial charge in [0.05, 0.1) is 16.5 Å². The van der Waals surface area contributed by atoms with Crippen molar-refractivity contribution in [3.63, 3.8) is 0 Å². The lowest BCUT2D eigenvalue weighted by Crippen LogP contribution is -2.40. The number of likely N-dealkylation sites (tertiary alicyclic amines) is 1. The minimum atomic E-state index is -0.488. The molecule has 10 heteroatoms. The number of esters is 1. The van der Waals surface area contributed by atoms with Crippen LogP contribution in [0.2, 0.25) is 0 Å². The summed E-state index contributed by atoms with van der Waals surface area (Å²) in [5.41, 5.74) is 2.07. The van der Waals surface area contributed by atoms with Gasteiger partial charge in [-0.05, 0) is 50.8 Å². The Morgan fingerprint density at radius 1 is 1.30 bits per heavy atom. The van der Waals surface area contributed by atoms with E-state index in [9.17, 15) is 19.7 Å². The average molecular weight is 433 g/mol. The van der Waals surface area contributed by atoms with Crippen LogP contribution < -0.4 is 5.32 Å². The molecule has 1 aliphatic heterocycles. The highest BCUT2D eigenvalue weighted by Crippen LogP contribution is 2.32. The standard InChI is InChI=1S/C20H24N4O5S/c1-4-29-19(25)16-11-30-18(21-16)14-5-7-23(8-6-14)20(26)22-15-9-12(2)13(3)10-17(15)24(27)28/h9-11,14H,4-8H2,1-3H3,(H,22,26). The van der Waals surface area contributed by atoms with E-state index in [-0.39, 0.29) is 23.3 Å². The van der Waals surface area contributed by atoms with Crippen LogP contribution in [0.4, 0.5) is 16.2 Å². The van der Waals surface area contributed by atoms with Gasteiger partial charge in [-0.25, -0.2) is 14.6 Å². The molecule has 3 rings (SSSR count). The normalized spacial score (nSPS) is 14.4. The number of anilines is 1. The number of urea groups is 1. The molecule has 2 heterocycles. The van der Waals surface area contributed by atoms with Crippen molar-refractivity contribution in [2.24, 2.45) is 0 Å². The third kappa shape index (κ3) is 4.76. The highest BCUT2D eigenvalue weighted by Gasteiger charge is 2.28. The van der Waals surface area contributed by atoms with Gasteiger partial charge in [0, 0.05) is 30.5 Å². The quantitative estimate of drug-likeness (QED) is 0.429. The topological polar surface area (TPSA) is 115 Å². The lowest BCUT2D eigenvalue weighted by atomic mass is 9.98. The van der Waals surface area contributed by atoms with Gasteiger partial charge in [0.25, 0.3) is 5.69 Å². The van der Waals surface area contributed by atoms with E-state index in [0.29, 0.717) is 38.2 Å². The van der Waals surface area contributed by atoms with E-state index in [4.69, 9.17) is 4.74 Å². The Labute approximate surface area is 178 Å². The number of aromatic nitrogens is 1. The second-order valence-electron chi connectivity index (χ2n) is 7.19. The number of nitro groups is 1. The van der Waals surface area contributed by atoms with Crippen molar-refractivity contribution in [3.8, 4) is 0 Å². The van der Waals surface area contributed by atoms with E-state index in [1.807, 2.05) is 6.92 Å². The van der Waals surface area contributed by atoms with Crippen LogP contribution in [-0.2, 0) is 4.74 Å². The van der Waals surface area contributed by atoms with Gasteiger partial charge in [-0.2, -0.15) is 0 Å². The van der Waals surface area contributed by atoms with E-state index < -0.39 is 10.9 Å². The number of hydrogen-bond donors (Lipinski definition) is 1. The molecule has 0 atom stereocenters. The Hall–Kier alpha value is -3.01. The smallest absolute Gasteiger partial charge is 0.357 e. The Morgan fingerprint density at radius 2 is 1.97 bits per heavy atom. The lowest BCUT2D eigenvalue weighted by molar-refractivity contribution is -0.384. The summed E-state index contributed by atoms with van der Waals surface area (Å²) >= 11 is 1.42. The fourth-order valence-corrected chi connectivity index (χ4v) is 4.31. The molecule has 1 aliphatic rings. The SMILES string of the molecule is CCOC(=O)c1csc(C2CCN(C(=O)Nc3cc(C)c(C)cc3[N+](=O)[O-])CC2)n1. The molecule has 1 N–H and O–H groups in total. The molecule has 0 aliphatic carbocycles. The summed E-state index contributed by atoms with van der Waals surface area (Å²) in [6.45, 7) is 6.70. The van der Waals surface area contributed by atoms with Crippen LogP contribution in [0, 0.1) is 24.0 Å². The minimum Gasteiger partial charge on any atom is -0.461 e. The zero-order chi connectivity index (χ0) is 21.8. The highest BCUT2D eigenvalue weighted by atomic mass is 32.1. The van der Waals surface area contributed by atoms with Crippen molar-refractivity contribution in [1.82, 2.24) is 9.88 Å². The lowest BCUT2D eigenvalue weighted by Gasteiger charge is -2.31. The number of piperidine rings is 1. The van der Waals surface area contributed by atoms with Gasteiger partial charge in [0.1, 0.15) is 5.69 Å². The van der Waals surface area contributed by atoms with Crippen molar-refractivity contribution in [3.05, 3.63) is 49.5 Å². The molecule has 0 unspecified atom stereocenters. The maximum Gasteiger partial charge on any atom is 0.357 e. The molecule has 30 heavy (non-hydrogen) atoms. The molecule has 1 aromatic heterocycles. The number of thiazole rings is 1. The Morgan fingerprint density at radius 3 is 2.60 bits per heavy atom. The van der Waals surface area contributed by atoms with Crippen LogP contribution in [0.5, 0.6) is 0 Å². The predicted molar refractivity (Wildman–Crippen MR) is 113 cm³/mol. The van der Waals surface area contributed by atoms with Crippen LogP contribution in [0.1, 0.15) is 52.3 Å². The number of ether oxygens (including phenoxy) is 1. The molecule has 1 aromatic carbocycles. The molecule has 2 amide bonds. The molecule has 9 nitrogen and oxygen atoms in total. The summed E-state index contributed by atoms with van der Waals surface area (Å²) in [6.07, 6.45) is 1.41. The largest absolute Gasteiger partial charge is 0.461 e. The second-order valence-corrected chi connectivity index (χ2v) is 8.08. The van der Waals surface area contributed by atoms with Crippen LogP contribution in [-0.4, -0.2) is 46.5 Å². The van der Waals surface area contributed by atoms with Gasteiger partial charge in [-0.1, -0.05) is 0 Å². The Bertz CT molecular complexity index is 966. The number of hydrogen-bond acceptors (Lipinski definition) is 7. The number of rotatable bonds is 5. The number of amides is 2. The van der Waals surface area contributed by atoms with E-state index >= 15 is 0 Å². The van der Waals surface area contributed by atoms with Gasteiger partial charge in [0.15, 0.2) is 5.69 Å². The number of benzene rings is 1. The molecular formula is C20H24N4O5S. The van der Waals surface area contributed by atoms with E-state index in [1.165, 1.54) is 17.4 Å². The first-order chi connectivity index (χ1) is 14.3. The molecule has 0 spiro atoms. The molecule has 1 saturated heterocycles. The first-order valence-electron chi connectivity index (χ1n) is 9.74. The molecule has 0 saturated carbocycles. The third-order valence-corrected chi connectivity index (χ3v) is 6.20. The van der Waals surface area contributed by atoms with E-state index in [1.54, 1.807) is 30.2 Å². The first kappa shape index (κ1) is 21.7. The Balaban J connectivity index is 1.62. The van der Waals surface area contributed by atoms with Gasteiger partial charge in [-0.15, -0.1) is 11.3 Å². The number of nitrogens with one attached hydrogen (secondary N) is 1. The zero-order valence-electron chi connectivity index (χ0n) is 17.1. The fraction of sp³-hybridized carbons (Fsp3) is 0.450. The summed E-state index contributed by atoms with van der Waals surface area (Å²) in [7, 11) is 0. The molecule has 0 bridgehead atoms. The van der Waals surface area contributed by atoms with Gasteiger partial charge in [0.2, 0.25) is 0 Å². The van der Waals surface area contributed by atoms with Crippen LogP contribution >= 0.6 is 11.3 Å². The molecular weight excluding hydrogens is 408 g/mol. The van der Waals surface area contributed by atoms with Crippen molar-refractivity contribution in [2.75, 3.05) is 25.0 Å². The van der Waals surface area contributed by atoms with Crippen LogP contribution in [0.15, 0.2) is 17.5 Å². The van der Waals surface area contributed by atoms with Gasteiger partial charge >= 0.3 is 12.0 Å². The summed E-state index contributed by atoms with van der Waals surface area (Å²) < 4.78 is 4.97. The van der Waals surface area contributed by atoms with E-state index in [0.717, 1.165) is 16.1 Å². The van der Waals surface area contributed by atoms with Gasteiger partial charge in [-0.3, -0.25) is 10.1 Å². The number of carbonyl (C=O) groups is 2. The number of nitrogens with zero attached hydrogens (tertiary/aromatic N) is 3. The maximum absolute atomic E-state index is 12.7. The molecule has 0 radical (unpaired) electrons. The number of carbonyl (C=O) groups excluding carboxylic acids is 2. The van der Waals surface area contributed by atoms with Crippen molar-refractivity contribution in [2.45, 2.75) is 39.5 Å².